The summed E-state index contributed by atoms with van der Waals surface area (Å²) in [5, 5.41) is 11.6. The third-order valence-corrected chi connectivity index (χ3v) is 2.70. The van der Waals surface area contributed by atoms with E-state index >= 15 is 0 Å². The number of amides is 1. The second kappa shape index (κ2) is 6.00. The predicted octanol–water partition coefficient (Wildman–Crippen LogP) is 0.975. The number of hydrogen-bond donors (Lipinski definition) is 3. The zero-order valence-corrected chi connectivity index (χ0v) is 11.3. The van der Waals surface area contributed by atoms with Crippen molar-refractivity contribution in [3.05, 3.63) is 0 Å². The van der Waals surface area contributed by atoms with Gasteiger partial charge in [0, 0.05) is 12.5 Å². The van der Waals surface area contributed by atoms with Gasteiger partial charge in [-0.05, 0) is 11.3 Å². The molecule has 0 aliphatic rings. The van der Waals surface area contributed by atoms with E-state index in [0.717, 1.165) is 0 Å². The van der Waals surface area contributed by atoms with Gasteiger partial charge in [0.15, 0.2) is 0 Å². The molecule has 0 rings (SSSR count). The highest BCUT2D eigenvalue weighted by atomic mass is 16.4. The first-order chi connectivity index (χ1) is 7.55. The molecule has 0 spiro atoms. The number of carbonyl (C=O) groups excluding carboxylic acids is 1. The molecule has 100 valence electrons. The zero-order valence-electron chi connectivity index (χ0n) is 11.3. The number of rotatable bonds is 5. The summed E-state index contributed by atoms with van der Waals surface area (Å²) in [4.78, 5) is 22.7. The van der Waals surface area contributed by atoms with Gasteiger partial charge in [0.1, 0.15) is 6.04 Å². The lowest BCUT2D eigenvalue weighted by Crippen LogP contribution is -2.50. The lowest BCUT2D eigenvalue weighted by atomic mass is 9.86. The van der Waals surface area contributed by atoms with Gasteiger partial charge >= 0.3 is 5.97 Å². The van der Waals surface area contributed by atoms with Crippen LogP contribution in [-0.4, -0.2) is 29.1 Å². The smallest absolute Gasteiger partial charge is 0.326 e. The van der Waals surface area contributed by atoms with Crippen LogP contribution in [0.25, 0.3) is 0 Å². The van der Waals surface area contributed by atoms with Crippen molar-refractivity contribution in [2.45, 2.75) is 53.1 Å². The fraction of sp³-hybridized carbons (Fsp3) is 0.833. The molecule has 4 N–H and O–H groups in total. The molecule has 5 heteroatoms. The Labute approximate surface area is 103 Å². The molecule has 0 aliphatic carbocycles. The first-order valence-electron chi connectivity index (χ1n) is 5.83. The second-order valence-electron chi connectivity index (χ2n) is 5.82. The molecule has 1 amide bonds. The third-order valence-electron chi connectivity index (χ3n) is 2.70. The predicted molar refractivity (Wildman–Crippen MR) is 66.5 cm³/mol. The highest BCUT2D eigenvalue weighted by molar-refractivity contribution is 5.84. The van der Waals surface area contributed by atoms with Gasteiger partial charge in [-0.1, -0.05) is 34.6 Å². The van der Waals surface area contributed by atoms with Gasteiger partial charge in [-0.3, -0.25) is 4.79 Å². The van der Waals surface area contributed by atoms with E-state index in [2.05, 4.69) is 5.32 Å². The van der Waals surface area contributed by atoms with Crippen LogP contribution in [0.1, 0.15) is 41.0 Å². The number of hydrogen-bond acceptors (Lipinski definition) is 3. The van der Waals surface area contributed by atoms with Crippen molar-refractivity contribution >= 4 is 11.9 Å². The molecule has 0 aromatic rings. The van der Waals surface area contributed by atoms with Gasteiger partial charge in [-0.25, -0.2) is 4.79 Å². The van der Waals surface area contributed by atoms with Gasteiger partial charge in [0.25, 0.3) is 0 Å². The Bertz CT molecular complexity index is 282. The Kier molecular flexibility index (Phi) is 5.61. The second-order valence-corrected chi connectivity index (χ2v) is 5.82. The van der Waals surface area contributed by atoms with Crippen LogP contribution in [0.4, 0.5) is 0 Å². The summed E-state index contributed by atoms with van der Waals surface area (Å²) in [6.07, 6.45) is 0.150. The van der Waals surface area contributed by atoms with Crippen molar-refractivity contribution in [3.8, 4) is 0 Å². The molecular weight excluding hydrogens is 220 g/mol. The summed E-state index contributed by atoms with van der Waals surface area (Å²) < 4.78 is 0. The van der Waals surface area contributed by atoms with Crippen molar-refractivity contribution < 1.29 is 14.7 Å². The first kappa shape index (κ1) is 15.9. The third kappa shape index (κ3) is 5.68. The van der Waals surface area contributed by atoms with Crippen molar-refractivity contribution in [1.29, 1.82) is 0 Å². The van der Waals surface area contributed by atoms with Gasteiger partial charge in [0.05, 0.1) is 0 Å². The maximum Gasteiger partial charge on any atom is 0.326 e. The summed E-state index contributed by atoms with van der Waals surface area (Å²) in [6, 6.07) is -1.14. The van der Waals surface area contributed by atoms with E-state index in [0.29, 0.717) is 0 Å². The summed E-state index contributed by atoms with van der Waals surface area (Å²) in [7, 11) is 0. The molecule has 2 atom stereocenters. The van der Waals surface area contributed by atoms with Crippen LogP contribution in [0.2, 0.25) is 0 Å². The molecule has 0 bridgehead atoms. The first-order valence-corrected chi connectivity index (χ1v) is 5.83. The highest BCUT2D eigenvalue weighted by Crippen LogP contribution is 2.19. The molecule has 0 saturated carbocycles. The largest absolute Gasteiger partial charge is 0.480 e. The van der Waals surface area contributed by atoms with E-state index in [9.17, 15) is 9.59 Å². The van der Waals surface area contributed by atoms with Crippen LogP contribution in [0.3, 0.4) is 0 Å². The Morgan fingerprint density at radius 3 is 2.06 bits per heavy atom. The number of nitrogens with one attached hydrogen (secondary N) is 1. The minimum absolute atomic E-state index is 0.150. The number of nitrogens with two attached hydrogens (primary N) is 1. The summed E-state index contributed by atoms with van der Waals surface area (Å²) >= 11 is 0. The Morgan fingerprint density at radius 2 is 1.76 bits per heavy atom. The van der Waals surface area contributed by atoms with E-state index in [1.807, 2.05) is 13.8 Å². The Balaban J connectivity index is 4.49. The van der Waals surface area contributed by atoms with Crippen molar-refractivity contribution in [2.75, 3.05) is 0 Å². The highest BCUT2D eigenvalue weighted by Gasteiger charge is 2.32. The van der Waals surface area contributed by atoms with Crippen LogP contribution in [0, 0.1) is 11.3 Å². The van der Waals surface area contributed by atoms with Gasteiger partial charge in [0.2, 0.25) is 5.91 Å². The molecule has 0 saturated heterocycles. The van der Waals surface area contributed by atoms with E-state index in [-0.39, 0.29) is 24.3 Å². The maximum atomic E-state index is 11.7. The molecular formula is C12H24N2O3. The average Bonchev–Trinajstić information content (AvgIpc) is 2.11. The topological polar surface area (TPSA) is 92.4 Å². The lowest BCUT2D eigenvalue weighted by molar-refractivity contribution is -0.145. The fourth-order valence-electron chi connectivity index (χ4n) is 1.32. The molecule has 0 aromatic heterocycles. The van der Waals surface area contributed by atoms with E-state index in [4.69, 9.17) is 10.8 Å². The molecule has 17 heavy (non-hydrogen) atoms. The molecule has 5 nitrogen and oxygen atoms in total. The number of carboxylic acid groups (broad SMARTS) is 1. The van der Waals surface area contributed by atoms with Crippen molar-refractivity contribution in [2.24, 2.45) is 17.1 Å². The Hall–Kier alpha value is -1.10. The van der Waals surface area contributed by atoms with Crippen LogP contribution < -0.4 is 11.1 Å². The van der Waals surface area contributed by atoms with E-state index in [1.165, 1.54) is 0 Å². The normalized spacial score (nSPS) is 15.5. The lowest BCUT2D eigenvalue weighted by Gasteiger charge is -2.28. The average molecular weight is 244 g/mol. The van der Waals surface area contributed by atoms with Crippen LogP contribution in [0.5, 0.6) is 0 Å². The molecule has 2 unspecified atom stereocenters. The quantitative estimate of drug-likeness (QED) is 0.672. The number of carboxylic acids is 1. The van der Waals surface area contributed by atoms with Crippen LogP contribution >= 0.6 is 0 Å². The summed E-state index contributed by atoms with van der Waals surface area (Å²) in [6.45, 7) is 9.17. The van der Waals surface area contributed by atoms with Crippen molar-refractivity contribution in [1.82, 2.24) is 5.32 Å². The minimum Gasteiger partial charge on any atom is -0.480 e. The fourth-order valence-corrected chi connectivity index (χ4v) is 1.32. The van der Waals surface area contributed by atoms with E-state index < -0.39 is 17.4 Å². The molecule has 0 fully saturated rings. The SMILES string of the molecule is CC(C)C(N)CC(=O)NC(C(=O)O)C(C)(C)C. The van der Waals surface area contributed by atoms with Crippen LogP contribution in [0.15, 0.2) is 0 Å². The zero-order chi connectivity index (χ0) is 13.8. The van der Waals surface area contributed by atoms with Gasteiger partial charge < -0.3 is 16.2 Å². The number of carbonyl (C=O) groups is 2. The monoisotopic (exact) mass is 244 g/mol. The molecule has 0 heterocycles. The maximum absolute atomic E-state index is 11.7. The van der Waals surface area contributed by atoms with Crippen LogP contribution in [-0.2, 0) is 9.59 Å². The van der Waals surface area contributed by atoms with Gasteiger partial charge in [-0.2, -0.15) is 0 Å². The van der Waals surface area contributed by atoms with E-state index in [1.54, 1.807) is 20.8 Å². The van der Waals surface area contributed by atoms with Crippen molar-refractivity contribution in [3.63, 3.8) is 0 Å². The van der Waals surface area contributed by atoms with Gasteiger partial charge in [-0.15, -0.1) is 0 Å². The molecule has 0 radical (unpaired) electrons. The molecule has 0 aliphatic heterocycles. The Morgan fingerprint density at radius 1 is 1.29 bits per heavy atom. The number of aliphatic carboxylic acids is 1. The summed E-state index contributed by atoms with van der Waals surface area (Å²) in [5.41, 5.74) is 5.25. The molecule has 0 aromatic carbocycles. The standard InChI is InChI=1S/C12H24N2O3/c1-7(2)8(13)6-9(15)14-10(11(16)17)12(3,4)5/h7-8,10H,6,13H2,1-5H3,(H,14,15)(H,16,17). The minimum atomic E-state index is -1.02. The summed E-state index contributed by atoms with van der Waals surface area (Å²) in [5.74, 6) is -1.14.